The van der Waals surface area contributed by atoms with Gasteiger partial charge < -0.3 is 9.73 Å². The summed E-state index contributed by atoms with van der Waals surface area (Å²) in [5.41, 5.74) is 2.16. The zero-order valence-electron chi connectivity index (χ0n) is 12.1. The zero-order valence-corrected chi connectivity index (χ0v) is 12.1. The van der Waals surface area contributed by atoms with E-state index in [1.807, 2.05) is 13.0 Å². The fourth-order valence-electron chi connectivity index (χ4n) is 2.91. The minimum absolute atomic E-state index is 0.585. The second kappa shape index (κ2) is 5.65. The third-order valence-corrected chi connectivity index (χ3v) is 3.98. The van der Waals surface area contributed by atoms with Crippen LogP contribution in [0, 0.1) is 6.92 Å². The first kappa shape index (κ1) is 13.2. The quantitative estimate of drug-likeness (QED) is 0.908. The predicted molar refractivity (Wildman–Crippen MR) is 79.8 cm³/mol. The molecule has 2 aromatic rings. The molecule has 0 amide bonds. The van der Waals surface area contributed by atoms with Crippen LogP contribution in [0.1, 0.15) is 50.0 Å². The highest BCUT2D eigenvalue weighted by molar-refractivity contribution is 5.59. The third kappa shape index (κ3) is 2.55. The smallest absolute Gasteiger partial charge is 0.165 e. The molecule has 0 saturated heterocycles. The van der Waals surface area contributed by atoms with Gasteiger partial charge in [-0.25, -0.2) is 9.97 Å². The Morgan fingerprint density at radius 2 is 2.10 bits per heavy atom. The molecule has 4 heteroatoms. The number of nitrogens with zero attached hydrogens (tertiary/aromatic N) is 2. The van der Waals surface area contributed by atoms with Crippen LogP contribution >= 0.6 is 0 Å². The lowest BCUT2D eigenvalue weighted by molar-refractivity contribution is 0.535. The molecule has 106 valence electrons. The predicted octanol–water partition coefficient (Wildman–Crippen LogP) is 4.13. The van der Waals surface area contributed by atoms with Crippen LogP contribution in [0.3, 0.4) is 0 Å². The standard InChI is InChI=1S/C16H21N3O/c1-3-17-15-10-14(12-6-4-5-7-12)18-16(19-15)13-8-9-20-11(13)2/h8-10,12H,3-7H2,1-2H3,(H,17,18,19). The Kier molecular flexibility index (Phi) is 3.72. The highest BCUT2D eigenvalue weighted by Crippen LogP contribution is 2.35. The minimum Gasteiger partial charge on any atom is -0.469 e. The van der Waals surface area contributed by atoms with Crippen LogP contribution in [-0.4, -0.2) is 16.5 Å². The van der Waals surface area contributed by atoms with E-state index in [0.29, 0.717) is 5.92 Å². The summed E-state index contributed by atoms with van der Waals surface area (Å²) in [5.74, 6) is 3.15. The normalized spacial score (nSPS) is 15.7. The van der Waals surface area contributed by atoms with E-state index in [2.05, 4.69) is 23.3 Å². The molecule has 1 N–H and O–H groups in total. The third-order valence-electron chi connectivity index (χ3n) is 3.98. The molecule has 1 aliphatic carbocycles. The van der Waals surface area contributed by atoms with Gasteiger partial charge >= 0.3 is 0 Å². The fourth-order valence-corrected chi connectivity index (χ4v) is 2.91. The Hall–Kier alpha value is -1.84. The molecule has 2 heterocycles. The molecule has 0 atom stereocenters. The lowest BCUT2D eigenvalue weighted by atomic mass is 10.0. The Morgan fingerprint density at radius 1 is 1.30 bits per heavy atom. The van der Waals surface area contributed by atoms with Crippen LogP contribution in [0.15, 0.2) is 22.8 Å². The van der Waals surface area contributed by atoms with E-state index >= 15 is 0 Å². The van der Waals surface area contributed by atoms with Crippen molar-refractivity contribution in [2.24, 2.45) is 0 Å². The van der Waals surface area contributed by atoms with Crippen molar-refractivity contribution in [2.45, 2.75) is 45.4 Å². The first-order chi connectivity index (χ1) is 9.78. The number of nitrogens with one attached hydrogen (secondary N) is 1. The van der Waals surface area contributed by atoms with Crippen LogP contribution in [0.2, 0.25) is 0 Å². The van der Waals surface area contributed by atoms with Gasteiger partial charge in [0.05, 0.1) is 11.8 Å². The Morgan fingerprint density at radius 3 is 2.75 bits per heavy atom. The number of aromatic nitrogens is 2. The van der Waals surface area contributed by atoms with Crippen molar-refractivity contribution in [1.82, 2.24) is 9.97 Å². The van der Waals surface area contributed by atoms with Gasteiger partial charge in [-0.3, -0.25) is 0 Å². The SMILES string of the molecule is CCNc1cc(C2CCCC2)nc(-c2ccoc2C)n1. The van der Waals surface area contributed by atoms with Gasteiger partial charge in [0, 0.05) is 24.2 Å². The molecule has 4 nitrogen and oxygen atoms in total. The van der Waals surface area contributed by atoms with E-state index < -0.39 is 0 Å². The van der Waals surface area contributed by atoms with E-state index in [1.54, 1.807) is 6.26 Å². The summed E-state index contributed by atoms with van der Waals surface area (Å²) in [6.07, 6.45) is 6.80. The molecule has 3 rings (SSSR count). The lowest BCUT2D eigenvalue weighted by Gasteiger charge is -2.12. The van der Waals surface area contributed by atoms with Crippen molar-refractivity contribution >= 4 is 5.82 Å². The van der Waals surface area contributed by atoms with Crippen molar-refractivity contribution in [3.63, 3.8) is 0 Å². The van der Waals surface area contributed by atoms with Gasteiger partial charge in [0.1, 0.15) is 11.6 Å². The Balaban J connectivity index is 2.02. The summed E-state index contributed by atoms with van der Waals surface area (Å²) in [5, 5.41) is 3.31. The minimum atomic E-state index is 0.585. The average Bonchev–Trinajstić information content (AvgIpc) is 3.09. The first-order valence-electron chi connectivity index (χ1n) is 7.45. The second-order valence-electron chi connectivity index (χ2n) is 5.40. The molecular formula is C16H21N3O. The summed E-state index contributed by atoms with van der Waals surface area (Å²) in [6, 6.07) is 4.05. The first-order valence-corrected chi connectivity index (χ1v) is 7.45. The topological polar surface area (TPSA) is 51.0 Å². The van der Waals surface area contributed by atoms with Crippen LogP contribution in [0.5, 0.6) is 0 Å². The van der Waals surface area contributed by atoms with Crippen LogP contribution < -0.4 is 5.32 Å². The highest BCUT2D eigenvalue weighted by Gasteiger charge is 2.21. The van der Waals surface area contributed by atoms with Crippen molar-refractivity contribution in [2.75, 3.05) is 11.9 Å². The average molecular weight is 271 g/mol. The summed E-state index contributed by atoms with van der Waals surface area (Å²) in [4.78, 5) is 9.41. The number of furan rings is 1. The largest absolute Gasteiger partial charge is 0.469 e. The van der Waals surface area contributed by atoms with Gasteiger partial charge in [0.2, 0.25) is 0 Å². The molecule has 0 spiro atoms. The maximum Gasteiger partial charge on any atom is 0.165 e. The van der Waals surface area contributed by atoms with Crippen LogP contribution in [0.25, 0.3) is 11.4 Å². The number of hydrogen-bond acceptors (Lipinski definition) is 4. The van der Waals surface area contributed by atoms with Gasteiger partial charge in [-0.15, -0.1) is 0 Å². The number of hydrogen-bond donors (Lipinski definition) is 1. The van der Waals surface area contributed by atoms with E-state index in [4.69, 9.17) is 9.40 Å². The molecule has 1 fully saturated rings. The molecule has 1 saturated carbocycles. The van der Waals surface area contributed by atoms with Crippen molar-refractivity contribution in [3.8, 4) is 11.4 Å². The summed E-state index contributed by atoms with van der Waals surface area (Å²) in [7, 11) is 0. The van der Waals surface area contributed by atoms with Gasteiger partial charge in [-0.05, 0) is 32.8 Å². The number of aryl methyl sites for hydroxylation is 1. The maximum atomic E-state index is 5.38. The second-order valence-corrected chi connectivity index (χ2v) is 5.40. The molecule has 20 heavy (non-hydrogen) atoms. The van der Waals surface area contributed by atoms with Crippen molar-refractivity contribution < 1.29 is 4.42 Å². The highest BCUT2D eigenvalue weighted by atomic mass is 16.3. The molecule has 2 aromatic heterocycles. The van der Waals surface area contributed by atoms with E-state index in [-0.39, 0.29) is 0 Å². The summed E-state index contributed by atoms with van der Waals surface area (Å²) < 4.78 is 5.38. The Labute approximate surface area is 119 Å². The number of anilines is 1. The summed E-state index contributed by atoms with van der Waals surface area (Å²) in [6.45, 7) is 4.90. The summed E-state index contributed by atoms with van der Waals surface area (Å²) >= 11 is 0. The monoisotopic (exact) mass is 271 g/mol. The molecular weight excluding hydrogens is 250 g/mol. The molecule has 0 unspecified atom stereocenters. The van der Waals surface area contributed by atoms with Gasteiger partial charge in [0.15, 0.2) is 5.82 Å². The van der Waals surface area contributed by atoms with E-state index in [9.17, 15) is 0 Å². The molecule has 0 bridgehead atoms. The molecule has 0 radical (unpaired) electrons. The van der Waals surface area contributed by atoms with Gasteiger partial charge in [-0.2, -0.15) is 0 Å². The van der Waals surface area contributed by atoms with Gasteiger partial charge in [-0.1, -0.05) is 12.8 Å². The van der Waals surface area contributed by atoms with E-state index in [0.717, 1.165) is 29.5 Å². The molecule has 0 aliphatic heterocycles. The van der Waals surface area contributed by atoms with Gasteiger partial charge in [0.25, 0.3) is 0 Å². The van der Waals surface area contributed by atoms with Crippen LogP contribution in [-0.2, 0) is 0 Å². The van der Waals surface area contributed by atoms with Crippen molar-refractivity contribution in [3.05, 3.63) is 29.9 Å². The van der Waals surface area contributed by atoms with Crippen molar-refractivity contribution in [1.29, 1.82) is 0 Å². The lowest BCUT2D eigenvalue weighted by Crippen LogP contribution is -2.06. The Bertz CT molecular complexity index is 585. The maximum absolute atomic E-state index is 5.38. The van der Waals surface area contributed by atoms with Crippen LogP contribution in [0.4, 0.5) is 5.82 Å². The molecule has 1 aliphatic rings. The zero-order chi connectivity index (χ0) is 13.9. The number of rotatable bonds is 4. The van der Waals surface area contributed by atoms with E-state index in [1.165, 1.54) is 31.4 Å². The molecule has 0 aromatic carbocycles. The fraction of sp³-hybridized carbons (Fsp3) is 0.500.